The molecule has 2 fully saturated rings. The van der Waals surface area contributed by atoms with E-state index in [1.165, 1.54) is 32.5 Å². The second-order valence-corrected chi connectivity index (χ2v) is 8.98. The second-order valence-electron chi connectivity index (χ2n) is 8.98. The van der Waals surface area contributed by atoms with Gasteiger partial charge in [-0.3, -0.25) is 13.7 Å². The third-order valence-electron chi connectivity index (χ3n) is 6.70. The summed E-state index contributed by atoms with van der Waals surface area (Å²) >= 11 is 0. The molecular formula is C22H22F3N7O. The Balaban J connectivity index is 1.62. The van der Waals surface area contributed by atoms with E-state index in [4.69, 9.17) is 4.98 Å². The molecule has 1 saturated carbocycles. The molecule has 0 radical (unpaired) electrons. The van der Waals surface area contributed by atoms with Gasteiger partial charge in [-0.1, -0.05) is 19.3 Å². The van der Waals surface area contributed by atoms with Crippen molar-refractivity contribution < 1.29 is 13.2 Å². The van der Waals surface area contributed by atoms with Gasteiger partial charge in [0.1, 0.15) is 17.7 Å². The highest BCUT2D eigenvalue weighted by atomic mass is 19.3. The number of hydrogen-bond acceptors (Lipinski definition) is 5. The lowest BCUT2D eigenvalue weighted by atomic mass is 9.95. The lowest BCUT2D eigenvalue weighted by molar-refractivity contribution is -0.0265. The Morgan fingerprint density at radius 3 is 2.58 bits per heavy atom. The molecule has 0 unspecified atom stereocenters. The fraction of sp³-hybridized carbons (Fsp3) is 0.455. The van der Waals surface area contributed by atoms with Crippen LogP contribution in [0.2, 0.25) is 0 Å². The van der Waals surface area contributed by atoms with E-state index in [9.17, 15) is 18.0 Å². The zero-order valence-corrected chi connectivity index (χ0v) is 18.0. The van der Waals surface area contributed by atoms with E-state index in [2.05, 4.69) is 9.97 Å². The number of benzene rings is 1. The van der Waals surface area contributed by atoms with Gasteiger partial charge >= 0.3 is 5.69 Å². The molecule has 0 amide bonds. The van der Waals surface area contributed by atoms with E-state index in [1.54, 1.807) is 17.7 Å². The molecule has 4 heterocycles. The first-order chi connectivity index (χ1) is 15.8. The van der Waals surface area contributed by atoms with E-state index in [1.807, 2.05) is 0 Å². The van der Waals surface area contributed by atoms with Crippen LogP contribution in [0.1, 0.15) is 38.1 Å². The minimum atomic E-state index is -2.81. The number of imidazole rings is 2. The molecule has 1 aromatic carbocycles. The Labute approximate surface area is 186 Å². The zero-order valence-electron chi connectivity index (χ0n) is 18.0. The predicted octanol–water partition coefficient (Wildman–Crippen LogP) is 3.57. The van der Waals surface area contributed by atoms with Crippen LogP contribution in [0.25, 0.3) is 28.1 Å². The molecule has 1 aliphatic heterocycles. The van der Waals surface area contributed by atoms with Crippen molar-refractivity contribution in [3.8, 4) is 5.95 Å². The fourth-order valence-electron chi connectivity index (χ4n) is 5.03. The van der Waals surface area contributed by atoms with Crippen molar-refractivity contribution in [1.29, 1.82) is 0 Å². The van der Waals surface area contributed by atoms with Crippen LogP contribution >= 0.6 is 0 Å². The van der Waals surface area contributed by atoms with Crippen molar-refractivity contribution in [1.82, 2.24) is 28.7 Å². The zero-order chi connectivity index (χ0) is 22.9. The van der Waals surface area contributed by atoms with Crippen molar-refractivity contribution in [3.05, 3.63) is 40.8 Å². The van der Waals surface area contributed by atoms with Crippen LogP contribution in [0.5, 0.6) is 0 Å². The molecule has 11 heteroatoms. The maximum Gasteiger partial charge on any atom is 0.330 e. The molecule has 0 spiro atoms. The Hall–Kier alpha value is -3.37. The summed E-state index contributed by atoms with van der Waals surface area (Å²) in [7, 11) is 1.62. The van der Waals surface area contributed by atoms with Gasteiger partial charge in [0.15, 0.2) is 11.5 Å². The molecule has 3 aromatic heterocycles. The summed E-state index contributed by atoms with van der Waals surface area (Å²) in [6.07, 6.45) is 6.34. The highest BCUT2D eigenvalue weighted by molar-refractivity contribution is 5.86. The summed E-state index contributed by atoms with van der Waals surface area (Å²) in [5, 5.41) is 0. The van der Waals surface area contributed by atoms with E-state index in [0.717, 1.165) is 32.1 Å². The average Bonchev–Trinajstić information content (AvgIpc) is 3.30. The summed E-state index contributed by atoms with van der Waals surface area (Å²) in [5.41, 5.74) is 1.60. The van der Waals surface area contributed by atoms with Gasteiger partial charge in [-0.2, -0.15) is 9.97 Å². The Morgan fingerprint density at radius 1 is 1.09 bits per heavy atom. The number of alkyl halides is 2. The summed E-state index contributed by atoms with van der Waals surface area (Å²) < 4.78 is 46.1. The fourth-order valence-corrected chi connectivity index (χ4v) is 5.03. The first kappa shape index (κ1) is 20.3. The summed E-state index contributed by atoms with van der Waals surface area (Å²) in [6, 6.07) is 4.18. The topological polar surface area (TPSA) is 73.8 Å². The Bertz CT molecular complexity index is 1440. The number of rotatable bonds is 3. The van der Waals surface area contributed by atoms with Crippen LogP contribution in [-0.2, 0) is 7.05 Å². The van der Waals surface area contributed by atoms with Crippen LogP contribution in [0.15, 0.2) is 29.3 Å². The number of nitrogens with zero attached hydrogens (tertiary/aromatic N) is 7. The average molecular weight is 457 g/mol. The van der Waals surface area contributed by atoms with Crippen LogP contribution in [0.3, 0.4) is 0 Å². The number of anilines is 1. The molecule has 172 valence electrons. The number of hydrogen-bond donors (Lipinski definition) is 0. The lowest BCUT2D eigenvalue weighted by Crippen LogP contribution is -2.56. The van der Waals surface area contributed by atoms with Gasteiger partial charge in [0.2, 0.25) is 5.95 Å². The van der Waals surface area contributed by atoms with Gasteiger partial charge in [-0.25, -0.2) is 22.9 Å². The van der Waals surface area contributed by atoms with Crippen molar-refractivity contribution in [3.63, 3.8) is 0 Å². The van der Waals surface area contributed by atoms with Gasteiger partial charge in [-0.05, 0) is 25.0 Å². The number of aryl methyl sites for hydroxylation is 1. The minimum absolute atomic E-state index is 0.0136. The minimum Gasteiger partial charge on any atom is -0.342 e. The molecule has 4 aromatic rings. The molecule has 0 atom stereocenters. The third-order valence-corrected chi connectivity index (χ3v) is 6.70. The smallest absolute Gasteiger partial charge is 0.330 e. The number of aromatic nitrogens is 6. The standard InChI is InChI=1S/C22H22F3N7O/c1-29-17-18(30-10-22(24,25)11-30)27-20(31-12-26-15-8-7-13(23)9-16(15)31)28-19(17)32(21(29)33)14-5-3-2-4-6-14/h7-9,12,14H,2-6,10-11H2,1H3. The van der Waals surface area contributed by atoms with Gasteiger partial charge in [0, 0.05) is 19.2 Å². The van der Waals surface area contributed by atoms with Crippen molar-refractivity contribution >= 4 is 28.0 Å². The van der Waals surface area contributed by atoms with Gasteiger partial charge in [-0.15, -0.1) is 0 Å². The molecule has 1 aliphatic carbocycles. The molecule has 1 saturated heterocycles. The predicted molar refractivity (Wildman–Crippen MR) is 117 cm³/mol. The number of fused-ring (bicyclic) bond motifs is 2. The molecule has 33 heavy (non-hydrogen) atoms. The maximum atomic E-state index is 14.0. The van der Waals surface area contributed by atoms with Gasteiger partial charge in [0.25, 0.3) is 5.92 Å². The normalized spacial score (nSPS) is 18.8. The summed E-state index contributed by atoms with van der Waals surface area (Å²) in [6.45, 7) is -0.971. The summed E-state index contributed by atoms with van der Waals surface area (Å²) in [5.74, 6) is -2.82. The Morgan fingerprint density at radius 2 is 1.85 bits per heavy atom. The molecule has 0 N–H and O–H groups in total. The molecule has 0 bridgehead atoms. The van der Waals surface area contributed by atoms with E-state index >= 15 is 0 Å². The SMILES string of the molecule is Cn1c(=O)n(C2CCCCC2)c2nc(-n3cnc4ccc(F)cc43)nc(N3CC(F)(F)C3)c21. The van der Waals surface area contributed by atoms with E-state index in [-0.39, 0.29) is 23.5 Å². The monoisotopic (exact) mass is 457 g/mol. The highest BCUT2D eigenvalue weighted by Gasteiger charge is 2.46. The van der Waals surface area contributed by atoms with E-state index < -0.39 is 24.8 Å². The van der Waals surface area contributed by atoms with E-state index in [0.29, 0.717) is 22.2 Å². The largest absolute Gasteiger partial charge is 0.342 e. The van der Waals surface area contributed by atoms with Crippen molar-refractivity contribution in [2.24, 2.45) is 7.05 Å². The molecule has 8 nitrogen and oxygen atoms in total. The second kappa shape index (κ2) is 7.06. The van der Waals surface area contributed by atoms with Crippen LogP contribution < -0.4 is 10.6 Å². The number of halogens is 3. The van der Waals surface area contributed by atoms with Crippen molar-refractivity contribution in [2.75, 3.05) is 18.0 Å². The maximum absolute atomic E-state index is 14.0. The molecule has 2 aliphatic rings. The third kappa shape index (κ3) is 3.12. The Kier molecular flexibility index (Phi) is 4.33. The van der Waals surface area contributed by atoms with Crippen LogP contribution in [-0.4, -0.2) is 47.7 Å². The summed E-state index contributed by atoms with van der Waals surface area (Å²) in [4.78, 5) is 28.3. The van der Waals surface area contributed by atoms with Crippen molar-refractivity contribution in [2.45, 2.75) is 44.1 Å². The van der Waals surface area contributed by atoms with Crippen LogP contribution in [0.4, 0.5) is 19.0 Å². The molecule has 6 rings (SSSR count). The quantitative estimate of drug-likeness (QED) is 0.470. The first-order valence-corrected chi connectivity index (χ1v) is 11.1. The first-order valence-electron chi connectivity index (χ1n) is 11.1. The van der Waals surface area contributed by atoms with Crippen LogP contribution in [0, 0.1) is 5.82 Å². The molecular weight excluding hydrogens is 435 g/mol. The van der Waals surface area contributed by atoms with Gasteiger partial charge < -0.3 is 4.90 Å². The lowest BCUT2D eigenvalue weighted by Gasteiger charge is -2.39. The highest BCUT2D eigenvalue weighted by Crippen LogP contribution is 2.36. The van der Waals surface area contributed by atoms with Gasteiger partial charge in [0.05, 0.1) is 24.1 Å².